The minimum Gasteiger partial charge on any atom is -0.369 e. The second-order valence-electron chi connectivity index (χ2n) is 10.1. The van der Waals surface area contributed by atoms with Crippen LogP contribution >= 0.6 is 0 Å². The summed E-state index contributed by atoms with van der Waals surface area (Å²) in [4.78, 5) is 32.9. The van der Waals surface area contributed by atoms with Crippen LogP contribution in [0.25, 0.3) is 0 Å². The predicted molar refractivity (Wildman–Crippen MR) is 134 cm³/mol. The number of carbonyl (C=O) groups is 1. The lowest BCUT2D eigenvalue weighted by molar-refractivity contribution is -0.138. The molecule has 2 aromatic rings. The molecule has 0 bridgehead atoms. The van der Waals surface area contributed by atoms with Crippen molar-refractivity contribution in [3.63, 3.8) is 0 Å². The minimum absolute atomic E-state index is 0.00160. The predicted octanol–water partition coefficient (Wildman–Crippen LogP) is 2.98. The highest BCUT2D eigenvalue weighted by Gasteiger charge is 2.33. The van der Waals surface area contributed by atoms with Crippen molar-refractivity contribution in [2.24, 2.45) is 5.92 Å². The van der Waals surface area contributed by atoms with Crippen molar-refractivity contribution in [1.29, 1.82) is 0 Å². The lowest BCUT2D eigenvalue weighted by Crippen LogP contribution is -2.54. The summed E-state index contributed by atoms with van der Waals surface area (Å²) in [5.41, 5.74) is 1.78. The van der Waals surface area contributed by atoms with Crippen molar-refractivity contribution in [2.45, 2.75) is 57.5 Å². The summed E-state index contributed by atoms with van der Waals surface area (Å²) in [5.74, 6) is 0.292. The fraction of sp³-hybridized carbons (Fsp3) is 0.593. The van der Waals surface area contributed by atoms with E-state index in [4.69, 9.17) is 0 Å². The van der Waals surface area contributed by atoms with Gasteiger partial charge in [0.2, 0.25) is 5.91 Å². The van der Waals surface area contributed by atoms with Gasteiger partial charge >= 0.3 is 0 Å². The number of nitrogens with zero attached hydrogens (tertiary/aromatic N) is 5. The third-order valence-corrected chi connectivity index (χ3v) is 7.88. The number of carbonyl (C=O) groups excluding carboxylic acids is 1. The summed E-state index contributed by atoms with van der Waals surface area (Å²) in [7, 11) is 0. The molecule has 7 nitrogen and oxygen atoms in total. The monoisotopic (exact) mass is 463 g/mol. The topological polar surface area (TPSA) is 61.7 Å². The Morgan fingerprint density at radius 3 is 2.41 bits per heavy atom. The summed E-state index contributed by atoms with van der Waals surface area (Å²) < 4.78 is 1.50. The highest BCUT2D eigenvalue weighted by molar-refractivity contribution is 5.80. The van der Waals surface area contributed by atoms with Crippen LogP contribution < -0.4 is 10.5 Å². The number of amides is 1. The second kappa shape index (κ2) is 10.7. The van der Waals surface area contributed by atoms with E-state index in [0.717, 1.165) is 62.9 Å². The average molecular weight is 464 g/mol. The minimum atomic E-state index is -0.103. The third kappa shape index (κ3) is 5.35. The van der Waals surface area contributed by atoms with Crippen LogP contribution in [0, 0.1) is 5.92 Å². The molecule has 1 atom stereocenters. The van der Waals surface area contributed by atoms with Crippen LogP contribution in [0.4, 0.5) is 5.69 Å². The lowest BCUT2D eigenvalue weighted by atomic mass is 9.93. The number of hydrogen-bond acceptors (Lipinski definition) is 5. The number of rotatable bonds is 5. The number of anilines is 1. The van der Waals surface area contributed by atoms with Crippen molar-refractivity contribution in [3.8, 4) is 0 Å². The summed E-state index contributed by atoms with van der Waals surface area (Å²) in [6.07, 6.45) is 10.4. The largest absolute Gasteiger partial charge is 0.369 e. The third-order valence-electron chi connectivity index (χ3n) is 7.88. The van der Waals surface area contributed by atoms with Gasteiger partial charge in [-0.25, -0.2) is 4.68 Å². The Bertz CT molecular complexity index is 1010. The van der Waals surface area contributed by atoms with E-state index in [1.807, 2.05) is 30.3 Å². The van der Waals surface area contributed by atoms with Gasteiger partial charge in [0.1, 0.15) is 0 Å². The van der Waals surface area contributed by atoms with Gasteiger partial charge in [0.05, 0.1) is 24.3 Å². The Hall–Kier alpha value is -2.67. The molecule has 2 aliphatic heterocycles. The molecular formula is C27H37N5O2. The smallest absolute Gasteiger partial charge is 0.269 e. The Labute approximate surface area is 202 Å². The summed E-state index contributed by atoms with van der Waals surface area (Å²) in [6.45, 7) is 5.72. The maximum absolute atomic E-state index is 13.3. The number of benzene rings is 1. The number of piperidine rings is 1. The fourth-order valence-electron chi connectivity index (χ4n) is 5.90. The molecule has 3 aliphatic rings. The fourth-order valence-corrected chi connectivity index (χ4v) is 5.90. The van der Waals surface area contributed by atoms with E-state index in [1.54, 1.807) is 12.3 Å². The molecule has 0 radical (unpaired) electrons. The van der Waals surface area contributed by atoms with Gasteiger partial charge in [0, 0.05) is 51.4 Å². The summed E-state index contributed by atoms with van der Waals surface area (Å²) >= 11 is 0. The van der Waals surface area contributed by atoms with Crippen LogP contribution in [0.3, 0.4) is 0 Å². The Morgan fingerprint density at radius 1 is 0.912 bits per heavy atom. The van der Waals surface area contributed by atoms with E-state index in [9.17, 15) is 9.59 Å². The van der Waals surface area contributed by atoms with Gasteiger partial charge < -0.3 is 9.80 Å². The molecule has 182 valence electrons. The molecule has 3 fully saturated rings. The Kier molecular flexibility index (Phi) is 7.28. The van der Waals surface area contributed by atoms with Crippen LogP contribution in [0.15, 0.2) is 47.4 Å². The molecule has 0 spiro atoms. The van der Waals surface area contributed by atoms with Crippen molar-refractivity contribution in [3.05, 3.63) is 58.5 Å². The molecular weight excluding hydrogens is 426 g/mol. The van der Waals surface area contributed by atoms with Gasteiger partial charge in [-0.1, -0.05) is 49.6 Å². The van der Waals surface area contributed by atoms with Gasteiger partial charge in [-0.05, 0) is 31.2 Å². The molecule has 2 saturated heterocycles. The SMILES string of the molecule is O=C([C@@H]1CCCN(c2cnn(Cc3ccccc3)c(=O)c2)C1)N1CCN(C2CCCCC2)CC1. The first-order valence-electron chi connectivity index (χ1n) is 13.1. The summed E-state index contributed by atoms with van der Waals surface area (Å²) in [5, 5.41) is 4.42. The zero-order valence-electron chi connectivity index (χ0n) is 20.1. The van der Waals surface area contributed by atoms with E-state index in [2.05, 4.69) is 19.8 Å². The first kappa shape index (κ1) is 23.1. The van der Waals surface area contributed by atoms with Gasteiger partial charge in [0.25, 0.3) is 5.56 Å². The molecule has 0 N–H and O–H groups in total. The van der Waals surface area contributed by atoms with Crippen LogP contribution in [0.2, 0.25) is 0 Å². The van der Waals surface area contributed by atoms with Crippen LogP contribution in [-0.2, 0) is 11.3 Å². The number of piperazine rings is 1. The van der Waals surface area contributed by atoms with Crippen molar-refractivity contribution in [2.75, 3.05) is 44.2 Å². The highest BCUT2D eigenvalue weighted by Crippen LogP contribution is 2.26. The van der Waals surface area contributed by atoms with E-state index in [1.165, 1.54) is 36.8 Å². The van der Waals surface area contributed by atoms with Gasteiger partial charge in [-0.2, -0.15) is 5.10 Å². The van der Waals surface area contributed by atoms with Gasteiger partial charge in [-0.15, -0.1) is 0 Å². The van der Waals surface area contributed by atoms with Crippen LogP contribution in [0.1, 0.15) is 50.5 Å². The highest BCUT2D eigenvalue weighted by atomic mass is 16.2. The maximum Gasteiger partial charge on any atom is 0.269 e. The van der Waals surface area contributed by atoms with Crippen molar-refractivity contribution in [1.82, 2.24) is 19.6 Å². The van der Waals surface area contributed by atoms with E-state index < -0.39 is 0 Å². The molecule has 5 rings (SSSR count). The molecule has 7 heteroatoms. The summed E-state index contributed by atoms with van der Waals surface area (Å²) in [6, 6.07) is 12.3. The van der Waals surface area contributed by atoms with Crippen LogP contribution in [-0.4, -0.2) is 70.8 Å². The van der Waals surface area contributed by atoms with Crippen molar-refractivity contribution >= 4 is 11.6 Å². The molecule has 1 aromatic heterocycles. The Balaban J connectivity index is 1.17. The first-order valence-corrected chi connectivity index (χ1v) is 13.1. The van der Waals surface area contributed by atoms with Gasteiger partial charge in [0.15, 0.2) is 0 Å². The molecule has 1 saturated carbocycles. The second-order valence-corrected chi connectivity index (χ2v) is 10.1. The lowest BCUT2D eigenvalue weighted by Gasteiger charge is -2.42. The molecule has 0 unspecified atom stereocenters. The quantitative estimate of drug-likeness (QED) is 0.682. The molecule has 34 heavy (non-hydrogen) atoms. The molecule has 1 aliphatic carbocycles. The van der Waals surface area contributed by atoms with Crippen molar-refractivity contribution < 1.29 is 4.79 Å². The zero-order chi connectivity index (χ0) is 23.3. The molecule has 1 aromatic carbocycles. The Morgan fingerprint density at radius 2 is 1.68 bits per heavy atom. The zero-order valence-corrected chi connectivity index (χ0v) is 20.1. The average Bonchev–Trinajstić information content (AvgIpc) is 2.91. The normalized spacial score (nSPS) is 22.6. The maximum atomic E-state index is 13.3. The standard InChI is InChI=1S/C27H37N5O2/c33-26-18-25(19-28-32(26)20-22-8-3-1-4-9-22)31-13-7-10-23(21-31)27(34)30-16-14-29(15-17-30)24-11-5-2-6-12-24/h1,3-4,8-9,18-19,23-24H,2,5-7,10-17,20-21H2/t23-/m1/s1. The number of hydrogen-bond donors (Lipinski definition) is 0. The van der Waals surface area contributed by atoms with Gasteiger partial charge in [-0.3, -0.25) is 14.5 Å². The van der Waals surface area contributed by atoms with E-state index >= 15 is 0 Å². The van der Waals surface area contributed by atoms with Crippen LogP contribution in [0.5, 0.6) is 0 Å². The first-order chi connectivity index (χ1) is 16.7. The van der Waals surface area contributed by atoms with E-state index in [0.29, 0.717) is 19.0 Å². The molecule has 1 amide bonds. The van der Waals surface area contributed by atoms with E-state index in [-0.39, 0.29) is 11.5 Å². The molecule has 3 heterocycles. The number of aromatic nitrogens is 2.